The number of aliphatic hydroxyl groups is 1. The van der Waals surface area contributed by atoms with Crippen molar-refractivity contribution in [1.29, 1.82) is 0 Å². The molecule has 8 nitrogen and oxygen atoms in total. The molecule has 0 aliphatic carbocycles. The Morgan fingerprint density at radius 1 is 1.21 bits per heavy atom. The maximum atomic E-state index is 12.2. The highest BCUT2D eigenvalue weighted by molar-refractivity contribution is 6.17. The van der Waals surface area contributed by atoms with Crippen LogP contribution in [0.3, 0.4) is 0 Å². The molecule has 0 radical (unpaired) electrons. The third kappa shape index (κ3) is 3.21. The van der Waals surface area contributed by atoms with Crippen LogP contribution in [0.5, 0.6) is 5.75 Å². The maximum Gasteiger partial charge on any atom is 0.277 e. The molecule has 4 rings (SSSR count). The van der Waals surface area contributed by atoms with Crippen LogP contribution in [0.4, 0.5) is 5.69 Å². The van der Waals surface area contributed by atoms with Crippen LogP contribution in [0.2, 0.25) is 0 Å². The number of benzene rings is 2. The average Bonchev–Trinajstić information content (AvgIpc) is 3.24. The summed E-state index contributed by atoms with van der Waals surface area (Å²) in [6, 6.07) is 12.6. The molecule has 1 aliphatic rings. The lowest BCUT2D eigenvalue weighted by Gasteiger charge is -2.13. The number of hydrogen-bond donors (Lipinski definition) is 2. The highest BCUT2D eigenvalue weighted by Gasteiger charge is 2.30. The molecule has 142 valence electrons. The second kappa shape index (κ2) is 7.16. The molecular formula is C20H17N3O5. The topological polar surface area (TPSA) is 105 Å². The first kappa shape index (κ1) is 17.7. The number of hydrogen-bond acceptors (Lipinski definition) is 7. The van der Waals surface area contributed by atoms with Crippen LogP contribution in [-0.2, 0) is 9.59 Å². The molecule has 3 aromatic rings. The second-order valence-corrected chi connectivity index (χ2v) is 6.14. The van der Waals surface area contributed by atoms with Gasteiger partial charge in [0.2, 0.25) is 5.89 Å². The Morgan fingerprint density at radius 2 is 2.07 bits per heavy atom. The number of ether oxygens (including phenoxy) is 1. The molecule has 2 amide bonds. The number of nitrogens with zero attached hydrogens (tertiary/aromatic N) is 2. The first-order valence-electron chi connectivity index (χ1n) is 8.59. The van der Waals surface area contributed by atoms with Gasteiger partial charge in [-0.05, 0) is 36.4 Å². The number of carbonyl (C=O) groups is 2. The van der Waals surface area contributed by atoms with Gasteiger partial charge < -0.3 is 19.6 Å². The summed E-state index contributed by atoms with van der Waals surface area (Å²) in [7, 11) is 1.59. The van der Waals surface area contributed by atoms with E-state index in [0.717, 1.165) is 10.5 Å². The summed E-state index contributed by atoms with van der Waals surface area (Å²) in [5, 5.41) is 11.9. The van der Waals surface area contributed by atoms with Crippen molar-refractivity contribution in [2.75, 3.05) is 25.6 Å². The fourth-order valence-corrected chi connectivity index (χ4v) is 2.95. The van der Waals surface area contributed by atoms with Crippen molar-refractivity contribution in [1.82, 2.24) is 9.88 Å². The van der Waals surface area contributed by atoms with Crippen LogP contribution < -0.4 is 10.1 Å². The molecule has 1 aliphatic heterocycles. The molecule has 0 saturated carbocycles. The first-order chi connectivity index (χ1) is 13.6. The monoisotopic (exact) mass is 379 g/mol. The molecule has 2 N–H and O–H groups in total. The van der Waals surface area contributed by atoms with E-state index in [-0.39, 0.29) is 18.8 Å². The Hall–Kier alpha value is -3.65. The van der Waals surface area contributed by atoms with Gasteiger partial charge in [0.25, 0.3) is 11.8 Å². The highest BCUT2D eigenvalue weighted by atomic mass is 16.5. The van der Waals surface area contributed by atoms with E-state index in [1.165, 1.54) is 6.08 Å². The predicted molar refractivity (Wildman–Crippen MR) is 102 cm³/mol. The maximum absolute atomic E-state index is 12.2. The summed E-state index contributed by atoms with van der Waals surface area (Å²) < 4.78 is 11.0. The lowest BCUT2D eigenvalue weighted by molar-refractivity contribution is -0.137. The minimum absolute atomic E-state index is 0.0361. The van der Waals surface area contributed by atoms with Gasteiger partial charge >= 0.3 is 0 Å². The number of oxazole rings is 1. The molecule has 1 aromatic heterocycles. The molecular weight excluding hydrogens is 362 g/mol. The Bertz CT molecular complexity index is 1100. The molecule has 2 aromatic carbocycles. The van der Waals surface area contributed by atoms with E-state index in [1.807, 2.05) is 24.3 Å². The molecule has 8 heteroatoms. The van der Waals surface area contributed by atoms with Crippen molar-refractivity contribution in [3.63, 3.8) is 0 Å². The van der Waals surface area contributed by atoms with Gasteiger partial charge in [0.15, 0.2) is 5.58 Å². The normalized spacial score (nSPS) is 13.9. The predicted octanol–water partition coefficient (Wildman–Crippen LogP) is 2.16. The van der Waals surface area contributed by atoms with Crippen molar-refractivity contribution in [2.24, 2.45) is 0 Å². The van der Waals surface area contributed by atoms with Crippen molar-refractivity contribution < 1.29 is 23.8 Å². The lowest BCUT2D eigenvalue weighted by Crippen LogP contribution is -2.34. The van der Waals surface area contributed by atoms with Gasteiger partial charge in [-0.25, -0.2) is 4.98 Å². The van der Waals surface area contributed by atoms with E-state index in [9.17, 15) is 9.59 Å². The standard InChI is InChI=1S/C20H17N3O5/c1-27-14-4-2-3-12(9-14)19-22-15-10-13(5-6-17(15)28-19)21-16-11-18(25)23(7-8-24)20(16)26/h2-6,9-11,21,24H,7-8H2,1H3. The zero-order valence-electron chi connectivity index (χ0n) is 15.0. The summed E-state index contributed by atoms with van der Waals surface area (Å²) in [6.45, 7) is -0.317. The van der Waals surface area contributed by atoms with Crippen molar-refractivity contribution in [3.8, 4) is 17.2 Å². The number of imide groups is 1. The summed E-state index contributed by atoms with van der Waals surface area (Å²) in [6.07, 6.45) is 1.21. The number of aliphatic hydroxyl groups excluding tert-OH is 1. The van der Waals surface area contributed by atoms with E-state index < -0.39 is 11.8 Å². The van der Waals surface area contributed by atoms with Crippen LogP contribution in [0, 0.1) is 0 Å². The number of anilines is 1. The van der Waals surface area contributed by atoms with Crippen LogP contribution in [0.15, 0.2) is 58.7 Å². The van der Waals surface area contributed by atoms with Crippen LogP contribution in [-0.4, -0.2) is 47.1 Å². The summed E-state index contributed by atoms with van der Waals surface area (Å²) in [4.78, 5) is 29.6. The van der Waals surface area contributed by atoms with E-state index in [0.29, 0.717) is 28.4 Å². The van der Waals surface area contributed by atoms with Crippen LogP contribution in [0.25, 0.3) is 22.6 Å². The van der Waals surface area contributed by atoms with Gasteiger partial charge in [-0.3, -0.25) is 14.5 Å². The first-order valence-corrected chi connectivity index (χ1v) is 8.59. The van der Waals surface area contributed by atoms with Crippen LogP contribution in [0.1, 0.15) is 0 Å². The zero-order valence-corrected chi connectivity index (χ0v) is 15.0. The fraction of sp³-hybridized carbons (Fsp3) is 0.150. The summed E-state index contributed by atoms with van der Waals surface area (Å²) in [5.41, 5.74) is 2.72. The minimum Gasteiger partial charge on any atom is -0.497 e. The third-order valence-corrected chi connectivity index (χ3v) is 4.32. The molecule has 0 atom stereocenters. The largest absolute Gasteiger partial charge is 0.497 e. The quantitative estimate of drug-likeness (QED) is 0.632. The number of β-amino-alcohol motifs (C(OH)–C–C–N with tert-alkyl or cyclic N) is 1. The smallest absolute Gasteiger partial charge is 0.277 e. The lowest BCUT2D eigenvalue weighted by atomic mass is 10.2. The number of amides is 2. The van der Waals surface area contributed by atoms with Gasteiger partial charge in [-0.15, -0.1) is 0 Å². The molecule has 0 spiro atoms. The molecule has 0 fully saturated rings. The van der Waals surface area contributed by atoms with Crippen LogP contribution >= 0.6 is 0 Å². The Kier molecular flexibility index (Phi) is 4.54. The van der Waals surface area contributed by atoms with Crippen molar-refractivity contribution >= 4 is 28.6 Å². The summed E-state index contributed by atoms with van der Waals surface area (Å²) >= 11 is 0. The minimum atomic E-state index is -0.476. The third-order valence-electron chi connectivity index (χ3n) is 4.32. The number of aromatic nitrogens is 1. The molecule has 2 heterocycles. The van der Waals surface area contributed by atoms with E-state index in [2.05, 4.69) is 10.3 Å². The van der Waals surface area contributed by atoms with Gasteiger partial charge in [0.1, 0.15) is 17.0 Å². The van der Waals surface area contributed by atoms with E-state index >= 15 is 0 Å². The number of nitrogens with one attached hydrogen (secondary N) is 1. The van der Waals surface area contributed by atoms with Crippen molar-refractivity contribution in [3.05, 3.63) is 54.2 Å². The zero-order chi connectivity index (χ0) is 19.7. The van der Waals surface area contributed by atoms with Gasteiger partial charge in [-0.2, -0.15) is 0 Å². The van der Waals surface area contributed by atoms with E-state index in [1.54, 1.807) is 25.3 Å². The molecule has 0 unspecified atom stereocenters. The second-order valence-electron chi connectivity index (χ2n) is 6.14. The SMILES string of the molecule is COc1cccc(-c2nc3cc(NC4=CC(=O)N(CCO)C4=O)ccc3o2)c1. The molecule has 0 bridgehead atoms. The average molecular weight is 379 g/mol. The molecule has 28 heavy (non-hydrogen) atoms. The van der Waals surface area contributed by atoms with Gasteiger partial charge in [-0.1, -0.05) is 6.07 Å². The number of fused-ring (bicyclic) bond motifs is 1. The number of rotatable bonds is 6. The van der Waals surface area contributed by atoms with E-state index in [4.69, 9.17) is 14.3 Å². The molecule has 0 saturated heterocycles. The Morgan fingerprint density at radius 3 is 2.86 bits per heavy atom. The highest BCUT2D eigenvalue weighted by Crippen LogP contribution is 2.29. The van der Waals surface area contributed by atoms with Crippen molar-refractivity contribution in [2.45, 2.75) is 0 Å². The number of carbonyl (C=O) groups excluding carboxylic acids is 2. The summed E-state index contributed by atoms with van der Waals surface area (Å²) in [5.74, 6) is 0.221. The fourth-order valence-electron chi connectivity index (χ4n) is 2.95. The van der Waals surface area contributed by atoms with Gasteiger partial charge in [0, 0.05) is 17.3 Å². The van der Waals surface area contributed by atoms with Gasteiger partial charge in [0.05, 0.1) is 20.3 Å². The Balaban J connectivity index is 1.59. The number of methoxy groups -OCH3 is 1. The Labute approximate surface area is 160 Å².